The van der Waals surface area contributed by atoms with E-state index in [1.54, 1.807) is 135 Å². The fraction of sp³-hybridized carbons (Fsp3) is 0.413. The molecule has 37 heteroatoms. The third-order valence-corrected chi connectivity index (χ3v) is 23.1. The van der Waals surface area contributed by atoms with Gasteiger partial charge in [-0.05, 0) is 95.4 Å². The van der Waals surface area contributed by atoms with Gasteiger partial charge in [-0.3, -0.25) is 76.7 Å². The molecular formula is C92H117N17O19S. The summed E-state index contributed by atoms with van der Waals surface area (Å²) in [5.41, 5.74) is 15.1. The number of para-hydroxylation sites is 1. The molecule has 2 heterocycles. The van der Waals surface area contributed by atoms with Crippen molar-refractivity contribution in [3.8, 4) is 11.5 Å². The number of carboxylic acid groups (broad SMARTS) is 1. The van der Waals surface area contributed by atoms with Gasteiger partial charge < -0.3 is 104 Å². The number of carbonyl (C=O) groups excluding carboxylic acids is 15. The maximum absolute atomic E-state index is 15.5. The average Bonchev–Trinajstić information content (AvgIpc) is 1.72. The third kappa shape index (κ3) is 30.5. The zero-order valence-electron chi connectivity index (χ0n) is 73.5. The number of phenols is 2. The molecule has 1 aliphatic rings. The van der Waals surface area contributed by atoms with Crippen LogP contribution in [0.5, 0.6) is 11.5 Å². The number of nitrogens with two attached hydrogens (primary N) is 2. The summed E-state index contributed by atoms with van der Waals surface area (Å²) in [6.07, 6.45) is 0.0210. The highest BCUT2D eigenvalue weighted by atomic mass is 32.2. The number of nitrogens with zero attached hydrogens (tertiary/aromatic N) is 5. The van der Waals surface area contributed by atoms with Gasteiger partial charge in [0.2, 0.25) is 88.6 Å². The number of thioether (sulfide) groups is 1. The van der Waals surface area contributed by atoms with Gasteiger partial charge in [0.25, 0.3) is 0 Å². The Bertz CT molecular complexity index is 5050. The normalized spacial score (nSPS) is 21.9. The third-order valence-electron chi connectivity index (χ3n) is 22.1. The van der Waals surface area contributed by atoms with Gasteiger partial charge in [0.05, 0.1) is 31.8 Å². The van der Waals surface area contributed by atoms with E-state index in [-0.39, 0.29) is 75.8 Å². The van der Waals surface area contributed by atoms with E-state index in [0.29, 0.717) is 57.1 Å². The van der Waals surface area contributed by atoms with Crippen LogP contribution in [0.1, 0.15) is 92.7 Å². The largest absolute Gasteiger partial charge is 0.508 e. The Kier molecular flexibility index (Phi) is 38.6. The summed E-state index contributed by atoms with van der Waals surface area (Å²) in [6, 6.07) is 27.0. The van der Waals surface area contributed by atoms with Gasteiger partial charge in [0, 0.05) is 96.6 Å². The Labute approximate surface area is 752 Å². The molecule has 0 bridgehead atoms. The Morgan fingerprint density at radius 1 is 0.457 bits per heavy atom. The van der Waals surface area contributed by atoms with E-state index in [0.717, 1.165) is 31.4 Å². The first-order valence-electron chi connectivity index (χ1n) is 42.5. The van der Waals surface area contributed by atoms with E-state index < -0.39 is 205 Å². The number of aromatic hydroxyl groups is 2. The fourth-order valence-electron chi connectivity index (χ4n) is 14.8. The molecule has 36 nitrogen and oxygen atoms in total. The van der Waals surface area contributed by atoms with Gasteiger partial charge >= 0.3 is 5.97 Å². The SMILES string of the molecule is CCCC[C@H]1C(=O)N(C)CC(=O)N[C@@H](CC(=O)O)C(=O)N[C@@H](C(C)C)C(=O)N(C)[C@@H](Cc2ccccc2)C(=O)N[C@@H](Cc2ccc(O)cc2)C(=O)N(C)CC(=O)N[C@@H](Cc2c[nH]c3ccccc23)C(=O)NC(Cc2ccc(O)cc2)C(=O)N[C@@H](CCCN)C(=O)N[C@H](C(=O)NCC(N)=O)CSCC(=O)N[C@@H](Cc2ccccc2)C(=O)N(C)[C@@H](Cc2ccccc2)C(=O)N1C. The topological polar surface area (TPSA) is 526 Å². The second-order valence-corrected chi connectivity index (χ2v) is 33.4. The van der Waals surface area contributed by atoms with Crippen molar-refractivity contribution in [3.05, 3.63) is 203 Å². The van der Waals surface area contributed by atoms with Crippen LogP contribution < -0.4 is 59.3 Å². The predicted octanol–water partition coefficient (Wildman–Crippen LogP) is 1.02. The van der Waals surface area contributed by atoms with Crippen molar-refractivity contribution >= 4 is 117 Å². The van der Waals surface area contributed by atoms with E-state index in [1.165, 1.54) is 88.7 Å². The number of phenolic OH excluding ortho intramolecular Hbond substituents is 2. The number of aliphatic carboxylic acids is 1. The van der Waals surface area contributed by atoms with E-state index in [9.17, 15) is 58.5 Å². The van der Waals surface area contributed by atoms with Gasteiger partial charge in [-0.2, -0.15) is 0 Å². The van der Waals surface area contributed by atoms with Crippen LogP contribution in [0.4, 0.5) is 0 Å². The molecule has 1 unspecified atom stereocenters. The van der Waals surface area contributed by atoms with Crippen molar-refractivity contribution in [1.82, 2.24) is 77.3 Å². The number of H-pyrrole nitrogens is 1. The number of carboxylic acids is 1. The minimum atomic E-state index is -1.91. The van der Waals surface area contributed by atoms with Crippen molar-refractivity contribution in [2.75, 3.05) is 72.9 Å². The van der Waals surface area contributed by atoms with Crippen LogP contribution >= 0.6 is 11.8 Å². The highest BCUT2D eigenvalue weighted by molar-refractivity contribution is 8.00. The van der Waals surface area contributed by atoms with Crippen molar-refractivity contribution in [2.45, 2.75) is 164 Å². The number of benzene rings is 6. The summed E-state index contributed by atoms with van der Waals surface area (Å²) < 4.78 is 0. The highest BCUT2D eigenvalue weighted by Crippen LogP contribution is 2.24. The molecule has 0 radical (unpaired) electrons. The Balaban J connectivity index is 1.21. The van der Waals surface area contributed by atoms with Crippen LogP contribution in [0.3, 0.4) is 0 Å². The monoisotopic (exact) mass is 1800 g/mol. The summed E-state index contributed by atoms with van der Waals surface area (Å²) in [5, 5.41) is 55.4. The van der Waals surface area contributed by atoms with E-state index in [4.69, 9.17) is 11.5 Å². The number of unbranched alkanes of at least 4 members (excludes halogenated alkanes) is 1. The first-order chi connectivity index (χ1) is 61.5. The van der Waals surface area contributed by atoms with Crippen molar-refractivity contribution < 1.29 is 92.0 Å². The maximum Gasteiger partial charge on any atom is 0.305 e. The zero-order valence-corrected chi connectivity index (χ0v) is 74.3. The molecule has 17 N–H and O–H groups in total. The Morgan fingerprint density at radius 2 is 0.907 bits per heavy atom. The smallest absolute Gasteiger partial charge is 0.305 e. The van der Waals surface area contributed by atoms with Crippen LogP contribution in [0.15, 0.2) is 170 Å². The Hall–Kier alpha value is -13.7. The molecule has 1 fully saturated rings. The van der Waals surface area contributed by atoms with E-state index >= 15 is 33.6 Å². The molecule has 6 aromatic carbocycles. The summed E-state index contributed by atoms with van der Waals surface area (Å²) in [7, 11) is 6.51. The number of carbonyl (C=O) groups is 16. The second-order valence-electron chi connectivity index (χ2n) is 32.4. The predicted molar refractivity (Wildman–Crippen MR) is 481 cm³/mol. The van der Waals surface area contributed by atoms with Crippen molar-refractivity contribution in [3.63, 3.8) is 0 Å². The summed E-state index contributed by atoms with van der Waals surface area (Å²) in [6.45, 7) is 2.63. The fourth-order valence-corrected chi connectivity index (χ4v) is 15.7. The number of hydrogen-bond acceptors (Lipinski definition) is 20. The highest BCUT2D eigenvalue weighted by Gasteiger charge is 2.42. The van der Waals surface area contributed by atoms with Crippen LogP contribution in [-0.2, 0) is 115 Å². The van der Waals surface area contributed by atoms with Crippen LogP contribution in [-0.4, -0.2) is 279 Å². The lowest BCUT2D eigenvalue weighted by atomic mass is 9.98. The lowest BCUT2D eigenvalue weighted by Gasteiger charge is -2.37. The first-order valence-corrected chi connectivity index (χ1v) is 43.7. The number of primary amides is 1. The summed E-state index contributed by atoms with van der Waals surface area (Å²) >= 11 is 0.813. The number of aromatic amines is 1. The minimum absolute atomic E-state index is 0.0201. The molecule has 8 rings (SSSR count). The molecule has 0 saturated carbocycles. The van der Waals surface area contributed by atoms with Crippen LogP contribution in [0, 0.1) is 5.92 Å². The molecule has 15 amide bonds. The number of likely N-dealkylation sites (N-methyl/N-ethyl adjacent to an activating group) is 5. The zero-order chi connectivity index (χ0) is 94.1. The first kappa shape index (κ1) is 101. The van der Waals surface area contributed by atoms with Crippen LogP contribution in [0.2, 0.25) is 0 Å². The van der Waals surface area contributed by atoms with Gasteiger partial charge in [-0.25, -0.2) is 0 Å². The van der Waals surface area contributed by atoms with Gasteiger partial charge in [0.15, 0.2) is 0 Å². The van der Waals surface area contributed by atoms with Crippen molar-refractivity contribution in [1.29, 1.82) is 0 Å². The van der Waals surface area contributed by atoms with Gasteiger partial charge in [-0.1, -0.05) is 167 Å². The lowest BCUT2D eigenvalue weighted by Crippen LogP contribution is -2.61. The number of hydrogen-bond donors (Lipinski definition) is 15. The molecule has 0 aliphatic carbocycles. The number of fused-ring (bicyclic) bond motifs is 1. The number of nitrogens with one attached hydrogen (secondary N) is 10. The molecule has 129 heavy (non-hydrogen) atoms. The number of aromatic nitrogens is 1. The number of amides is 15. The lowest BCUT2D eigenvalue weighted by molar-refractivity contribution is -0.151. The molecule has 1 aromatic heterocycles. The summed E-state index contributed by atoms with van der Waals surface area (Å²) in [4.78, 5) is 243. The van der Waals surface area contributed by atoms with Crippen LogP contribution in [0.25, 0.3) is 10.9 Å². The maximum atomic E-state index is 15.5. The Morgan fingerprint density at radius 3 is 1.45 bits per heavy atom. The van der Waals surface area contributed by atoms with Gasteiger partial charge in [0.1, 0.15) is 78.0 Å². The van der Waals surface area contributed by atoms with Crippen molar-refractivity contribution in [2.24, 2.45) is 17.4 Å². The number of rotatable bonds is 24. The molecule has 0 spiro atoms. The molecule has 7 aromatic rings. The summed E-state index contributed by atoms with van der Waals surface area (Å²) in [5.74, 6) is -17.3. The minimum Gasteiger partial charge on any atom is -0.508 e. The molecule has 690 valence electrons. The molecule has 11 atom stereocenters. The van der Waals surface area contributed by atoms with E-state index in [1.807, 2.05) is 6.92 Å². The van der Waals surface area contributed by atoms with Gasteiger partial charge in [-0.15, -0.1) is 11.8 Å². The quantitative estimate of drug-likeness (QED) is 0.0401. The average molecular weight is 1800 g/mol. The molecule has 1 saturated heterocycles. The molecule has 1 aliphatic heterocycles. The van der Waals surface area contributed by atoms with E-state index in [2.05, 4.69) is 52.8 Å². The molecular weight excluding hydrogens is 1680 g/mol. The standard InChI is InChI=1S/C92H117N17O19S/c1-9-10-32-73-90(126)106(5)52-78(114)98-69(48-80(116)117)86(122)104-81(55(2)3)92(128)108(7)74(45-57-25-16-12-17-26-57)87(123)102-70(44-60-35-39-63(111)40-36-60)88(124)105(4)51-77(113)97-68(47-61-49-95-65-30-21-20-29-64(61)65)85(121)101-67(42-59-33-37-62(110)38-34-59)84(120)100-66(31-22-41-93)83(119)103-72(82(118)96-50-76(94)112)53-129-54-79(115)99-71(43-56-23-14-11-15-24-56)89(125)109(8)75(91(127)107(73)6)46-58-27-18-13-19-28-58/h11-21,23-30,33-40,49,55,66-75,81,95,110-111H,9-10,22,31-32,41-48,50-54,93H2,1-8H3,(H2,94,112)(H,96,118)(H,97,113)(H,98,114)(H,99,115)(H,100,120)(H,101,121)(H,102,123)(H,103,119)(H,104,122)(H,116,117)/t66-,67?,68-,69-,70-,71-,72-,73-,74-,75-,81-/m0/s1. The second kappa shape index (κ2) is 49.4.